The Bertz CT molecular complexity index is 734. The molecular weight excluding hydrogens is 304 g/mol. The maximum atomic E-state index is 12.4. The third kappa shape index (κ3) is 2.48. The summed E-state index contributed by atoms with van der Waals surface area (Å²) in [6.07, 6.45) is -0.896. The number of Topliss-reactive ketones (excluding diaryl/α,β-unsaturated/α-hetero) is 4. The van der Waals surface area contributed by atoms with Crippen LogP contribution in [0.25, 0.3) is 0 Å². The zero-order chi connectivity index (χ0) is 16.7. The fourth-order valence-corrected chi connectivity index (χ4v) is 2.98. The molecule has 3 rings (SSSR count). The van der Waals surface area contributed by atoms with Crippen LogP contribution in [0.5, 0.6) is 17.2 Å². The number of methoxy groups -OCH3 is 1. The quantitative estimate of drug-likeness (QED) is 0.805. The first-order chi connectivity index (χ1) is 10.9. The van der Waals surface area contributed by atoms with E-state index in [9.17, 15) is 24.3 Å². The number of hydrogen-bond acceptors (Lipinski definition) is 7. The number of rotatable bonds is 2. The first-order valence-electron chi connectivity index (χ1n) is 7.14. The number of aromatic hydroxyl groups is 1. The lowest BCUT2D eigenvalue weighted by molar-refractivity contribution is -0.141. The number of ketones is 4. The van der Waals surface area contributed by atoms with Gasteiger partial charge in [-0.1, -0.05) is 0 Å². The first-order valence-corrected chi connectivity index (χ1v) is 7.14. The molecule has 7 nitrogen and oxygen atoms in total. The van der Waals surface area contributed by atoms with Crippen LogP contribution in [0.15, 0.2) is 12.1 Å². The van der Waals surface area contributed by atoms with Gasteiger partial charge >= 0.3 is 0 Å². The molecule has 1 saturated carbocycles. The van der Waals surface area contributed by atoms with Crippen molar-refractivity contribution in [3.05, 3.63) is 17.7 Å². The van der Waals surface area contributed by atoms with Gasteiger partial charge in [-0.2, -0.15) is 0 Å². The fraction of sp³-hybridized carbons (Fsp3) is 0.375. The van der Waals surface area contributed by atoms with Gasteiger partial charge in [0.1, 0.15) is 22.8 Å². The molecule has 0 bridgehead atoms. The van der Waals surface area contributed by atoms with E-state index in [2.05, 4.69) is 0 Å². The summed E-state index contributed by atoms with van der Waals surface area (Å²) < 4.78 is 10.6. The van der Waals surface area contributed by atoms with Crippen LogP contribution in [-0.4, -0.2) is 41.5 Å². The van der Waals surface area contributed by atoms with Crippen molar-refractivity contribution in [1.29, 1.82) is 0 Å². The van der Waals surface area contributed by atoms with Crippen molar-refractivity contribution in [3.63, 3.8) is 0 Å². The molecule has 0 aromatic heterocycles. The van der Waals surface area contributed by atoms with Crippen molar-refractivity contribution < 1.29 is 33.8 Å². The number of benzene rings is 1. The Hall–Kier alpha value is -2.70. The molecular formula is C16H14O7. The van der Waals surface area contributed by atoms with Gasteiger partial charge in [-0.3, -0.25) is 19.2 Å². The highest BCUT2D eigenvalue weighted by molar-refractivity contribution is 6.47. The van der Waals surface area contributed by atoms with Crippen LogP contribution in [0.4, 0.5) is 0 Å². The summed E-state index contributed by atoms with van der Waals surface area (Å²) in [5, 5.41) is 9.67. The molecule has 2 atom stereocenters. The van der Waals surface area contributed by atoms with Crippen molar-refractivity contribution in [1.82, 2.24) is 0 Å². The number of carbonyl (C=O) groups excluding carboxylic acids is 4. The molecule has 0 saturated heterocycles. The van der Waals surface area contributed by atoms with Crippen LogP contribution >= 0.6 is 0 Å². The summed E-state index contributed by atoms with van der Waals surface area (Å²) in [4.78, 5) is 47.6. The summed E-state index contributed by atoms with van der Waals surface area (Å²) in [6, 6.07) is 2.45. The van der Waals surface area contributed by atoms with Gasteiger partial charge in [-0.05, 0) is 6.42 Å². The van der Waals surface area contributed by atoms with Gasteiger partial charge in [-0.15, -0.1) is 0 Å². The summed E-state index contributed by atoms with van der Waals surface area (Å²) >= 11 is 0. The van der Waals surface area contributed by atoms with Crippen molar-refractivity contribution >= 4 is 23.1 Å². The van der Waals surface area contributed by atoms with Gasteiger partial charge in [0.05, 0.1) is 7.11 Å². The van der Waals surface area contributed by atoms with E-state index >= 15 is 0 Å². The van der Waals surface area contributed by atoms with Gasteiger partial charge in [0.2, 0.25) is 11.6 Å². The number of phenolic OH excluding ortho intramolecular Hbond substituents is 1. The van der Waals surface area contributed by atoms with Crippen LogP contribution in [0.2, 0.25) is 0 Å². The highest BCUT2D eigenvalue weighted by Gasteiger charge is 2.44. The Balaban J connectivity index is 1.97. The molecule has 0 radical (unpaired) electrons. The monoisotopic (exact) mass is 318 g/mol. The van der Waals surface area contributed by atoms with E-state index in [1.807, 2.05) is 0 Å². The second kappa shape index (κ2) is 5.49. The van der Waals surface area contributed by atoms with E-state index in [-0.39, 0.29) is 35.7 Å². The minimum atomic E-state index is -1.13. The molecule has 2 unspecified atom stereocenters. The van der Waals surface area contributed by atoms with Gasteiger partial charge in [0, 0.05) is 30.9 Å². The fourth-order valence-electron chi connectivity index (χ4n) is 2.98. The third-order valence-corrected chi connectivity index (χ3v) is 4.16. The molecule has 1 aromatic rings. The molecule has 0 amide bonds. The topological polar surface area (TPSA) is 107 Å². The van der Waals surface area contributed by atoms with Gasteiger partial charge in [-0.25, -0.2) is 0 Å². The molecule has 1 fully saturated rings. The molecule has 1 N–H and O–H groups in total. The van der Waals surface area contributed by atoms with Gasteiger partial charge in [0.25, 0.3) is 0 Å². The average molecular weight is 318 g/mol. The van der Waals surface area contributed by atoms with E-state index in [1.54, 1.807) is 0 Å². The lowest BCUT2D eigenvalue weighted by Gasteiger charge is -2.32. The molecule has 23 heavy (non-hydrogen) atoms. The third-order valence-electron chi connectivity index (χ3n) is 4.16. The molecule has 7 heteroatoms. The predicted octanol–water partition coefficient (Wildman–Crippen LogP) is 0.852. The molecule has 1 aliphatic carbocycles. The predicted molar refractivity (Wildman–Crippen MR) is 75.8 cm³/mol. The molecule has 1 aromatic carbocycles. The number of hydrogen-bond donors (Lipinski definition) is 1. The molecule has 1 heterocycles. The Morgan fingerprint density at radius 1 is 1.17 bits per heavy atom. The maximum Gasteiger partial charge on any atom is 0.244 e. The van der Waals surface area contributed by atoms with E-state index in [4.69, 9.17) is 9.47 Å². The Kier molecular flexibility index (Phi) is 3.63. The van der Waals surface area contributed by atoms with Crippen LogP contribution in [0.3, 0.4) is 0 Å². The Morgan fingerprint density at radius 2 is 1.91 bits per heavy atom. The minimum absolute atomic E-state index is 0.0373. The summed E-state index contributed by atoms with van der Waals surface area (Å²) in [5.74, 6) is -3.17. The zero-order valence-corrected chi connectivity index (χ0v) is 12.3. The summed E-state index contributed by atoms with van der Waals surface area (Å²) in [6.45, 7) is 0. The zero-order valence-electron chi connectivity index (χ0n) is 12.3. The van der Waals surface area contributed by atoms with Crippen LogP contribution in [0.1, 0.15) is 29.6 Å². The second-order valence-corrected chi connectivity index (χ2v) is 5.60. The molecule has 2 aliphatic rings. The number of carbonyl (C=O) groups is 4. The Labute approximate surface area is 131 Å². The average Bonchev–Trinajstić information content (AvgIpc) is 2.52. The summed E-state index contributed by atoms with van der Waals surface area (Å²) in [7, 11) is 1.31. The maximum absolute atomic E-state index is 12.4. The smallest absolute Gasteiger partial charge is 0.244 e. The first kappa shape index (κ1) is 15.2. The van der Waals surface area contributed by atoms with E-state index in [1.165, 1.54) is 19.2 Å². The van der Waals surface area contributed by atoms with Crippen LogP contribution < -0.4 is 9.47 Å². The number of fused-ring (bicyclic) bond motifs is 1. The highest BCUT2D eigenvalue weighted by atomic mass is 16.5. The second-order valence-electron chi connectivity index (χ2n) is 5.60. The minimum Gasteiger partial charge on any atom is -0.508 e. The van der Waals surface area contributed by atoms with Gasteiger partial charge in [0.15, 0.2) is 17.7 Å². The van der Waals surface area contributed by atoms with Crippen molar-refractivity contribution in [3.8, 4) is 17.2 Å². The van der Waals surface area contributed by atoms with E-state index < -0.39 is 35.2 Å². The standard InChI is InChI=1S/C16H14O7/c1-22-11-5-8(17)6-12-13(11)14(20)15(21)16(23-12)7-2-3-9(18)10(19)4-7/h5-7,16-17H,2-4H2,1H3. The van der Waals surface area contributed by atoms with Crippen molar-refractivity contribution in [2.24, 2.45) is 5.92 Å². The largest absolute Gasteiger partial charge is 0.508 e. The van der Waals surface area contributed by atoms with Crippen molar-refractivity contribution in [2.45, 2.75) is 25.4 Å². The van der Waals surface area contributed by atoms with E-state index in [0.717, 1.165) is 0 Å². The molecule has 0 spiro atoms. The van der Waals surface area contributed by atoms with Crippen molar-refractivity contribution in [2.75, 3.05) is 7.11 Å². The Morgan fingerprint density at radius 3 is 2.57 bits per heavy atom. The van der Waals surface area contributed by atoms with Crippen LogP contribution in [-0.2, 0) is 14.4 Å². The normalized spacial score (nSPS) is 24.2. The highest BCUT2D eigenvalue weighted by Crippen LogP contribution is 2.40. The summed E-state index contributed by atoms with van der Waals surface area (Å²) in [5.41, 5.74) is -0.0373. The van der Waals surface area contributed by atoms with Gasteiger partial charge < -0.3 is 14.6 Å². The number of phenols is 1. The van der Waals surface area contributed by atoms with Crippen LogP contribution in [0, 0.1) is 5.92 Å². The molecule has 1 aliphatic heterocycles. The molecule has 120 valence electrons. The van der Waals surface area contributed by atoms with E-state index in [0.29, 0.717) is 6.42 Å². The lowest BCUT2D eigenvalue weighted by atomic mass is 9.80. The SMILES string of the molecule is COc1cc(O)cc2c1C(=O)C(=O)C(C1CCC(=O)C(=O)C1)O2. The lowest BCUT2D eigenvalue weighted by Crippen LogP contribution is -2.46. The number of ether oxygens (including phenoxy) is 2.